The first-order chi connectivity index (χ1) is 11.5. The number of hydrogen-bond acceptors (Lipinski definition) is 5. The number of carboxylic acid groups (broad SMARTS) is 1. The Labute approximate surface area is 144 Å². The summed E-state index contributed by atoms with van der Waals surface area (Å²) in [5.41, 5.74) is 2.96. The molecule has 4 aromatic rings. The number of fused-ring (bicyclic) bond motifs is 2. The summed E-state index contributed by atoms with van der Waals surface area (Å²) in [5.74, 6) is -0.472. The summed E-state index contributed by atoms with van der Waals surface area (Å²) in [6.07, 6.45) is 0. The monoisotopic (exact) mass is 386 g/mol. The van der Waals surface area contributed by atoms with Gasteiger partial charge in [0.05, 0.1) is 16.6 Å². The summed E-state index contributed by atoms with van der Waals surface area (Å²) in [7, 11) is 1.83. The second-order valence-electron chi connectivity index (χ2n) is 5.26. The lowest BCUT2D eigenvalue weighted by Gasteiger charge is -2.01. The molecule has 0 saturated carbocycles. The maximum Gasteiger partial charge on any atom is 0.335 e. The van der Waals surface area contributed by atoms with Crippen molar-refractivity contribution in [2.45, 2.75) is 0 Å². The molecule has 0 amide bonds. The van der Waals surface area contributed by atoms with Gasteiger partial charge in [0.2, 0.25) is 5.95 Å². The van der Waals surface area contributed by atoms with Gasteiger partial charge >= 0.3 is 12.0 Å². The number of aryl methyl sites for hydroxylation is 1. The van der Waals surface area contributed by atoms with Gasteiger partial charge in [-0.05, 0) is 36.4 Å². The van der Waals surface area contributed by atoms with Crippen LogP contribution in [-0.4, -0.2) is 25.6 Å². The normalized spacial score (nSPS) is 11.2. The van der Waals surface area contributed by atoms with Crippen LogP contribution in [-0.2, 0) is 7.05 Å². The van der Waals surface area contributed by atoms with Gasteiger partial charge in [-0.25, -0.2) is 9.78 Å². The molecule has 2 heterocycles. The fraction of sp³-hybridized carbons (Fsp3) is 0.0625. The fourth-order valence-electron chi connectivity index (χ4n) is 2.49. The van der Waals surface area contributed by atoms with Gasteiger partial charge in [-0.1, -0.05) is 15.9 Å². The molecule has 0 unspecified atom stereocenters. The molecular formula is C16H11BrN4O3. The van der Waals surface area contributed by atoms with Crippen molar-refractivity contribution in [3.05, 3.63) is 46.4 Å². The zero-order valence-electron chi connectivity index (χ0n) is 12.4. The Morgan fingerprint density at radius 3 is 2.83 bits per heavy atom. The van der Waals surface area contributed by atoms with Gasteiger partial charge in [-0.2, -0.15) is 4.98 Å². The van der Waals surface area contributed by atoms with Crippen LogP contribution < -0.4 is 5.32 Å². The van der Waals surface area contributed by atoms with Gasteiger partial charge in [0.1, 0.15) is 5.52 Å². The Morgan fingerprint density at radius 2 is 2.04 bits per heavy atom. The predicted octanol–water partition coefficient (Wildman–Crippen LogP) is 3.92. The smallest absolute Gasteiger partial charge is 0.335 e. The van der Waals surface area contributed by atoms with E-state index in [-0.39, 0.29) is 5.56 Å². The maximum atomic E-state index is 11.1. The molecule has 120 valence electrons. The van der Waals surface area contributed by atoms with Crippen LogP contribution in [0.1, 0.15) is 10.4 Å². The summed E-state index contributed by atoms with van der Waals surface area (Å²) in [4.78, 5) is 19.9. The van der Waals surface area contributed by atoms with Crippen LogP contribution in [0.25, 0.3) is 22.1 Å². The number of imidazole rings is 1. The minimum absolute atomic E-state index is 0.193. The summed E-state index contributed by atoms with van der Waals surface area (Å²) < 4.78 is 8.38. The van der Waals surface area contributed by atoms with E-state index in [4.69, 9.17) is 9.52 Å². The highest BCUT2D eigenvalue weighted by atomic mass is 79.9. The van der Waals surface area contributed by atoms with Gasteiger partial charge in [-0.3, -0.25) is 5.32 Å². The number of anilines is 2. The number of rotatable bonds is 3. The second-order valence-corrected chi connectivity index (χ2v) is 6.17. The van der Waals surface area contributed by atoms with E-state index >= 15 is 0 Å². The van der Waals surface area contributed by atoms with Gasteiger partial charge in [-0.15, -0.1) is 0 Å². The zero-order chi connectivity index (χ0) is 16.8. The van der Waals surface area contributed by atoms with Crippen molar-refractivity contribution in [3.63, 3.8) is 0 Å². The molecule has 0 atom stereocenters. The lowest BCUT2D eigenvalue weighted by molar-refractivity contribution is 0.0697. The van der Waals surface area contributed by atoms with Crippen molar-refractivity contribution < 1.29 is 14.3 Å². The highest BCUT2D eigenvalue weighted by molar-refractivity contribution is 9.10. The molecule has 2 N–H and O–H groups in total. The summed E-state index contributed by atoms with van der Waals surface area (Å²) in [5, 5.41) is 12.1. The molecule has 4 rings (SSSR count). The topological polar surface area (TPSA) is 93.2 Å². The first-order valence-corrected chi connectivity index (χ1v) is 7.83. The number of nitrogens with zero attached hydrogens (tertiary/aromatic N) is 3. The highest BCUT2D eigenvalue weighted by Crippen LogP contribution is 2.26. The molecule has 0 spiro atoms. The predicted molar refractivity (Wildman–Crippen MR) is 92.7 cm³/mol. The first kappa shape index (κ1) is 14.7. The van der Waals surface area contributed by atoms with E-state index in [1.165, 1.54) is 6.07 Å². The van der Waals surface area contributed by atoms with Crippen molar-refractivity contribution in [1.29, 1.82) is 0 Å². The Kier molecular flexibility index (Phi) is 3.27. The summed E-state index contributed by atoms with van der Waals surface area (Å²) in [6.45, 7) is 0. The van der Waals surface area contributed by atoms with Crippen molar-refractivity contribution in [3.8, 4) is 0 Å². The standard InChI is InChI=1S/C16H11BrN4O3/c1-21-12-5-2-8(14(22)23)6-11(12)18-15(21)20-16-19-10-4-3-9(17)7-13(10)24-16/h2-7H,1H3,(H,22,23)(H,18,19,20). The van der Waals surface area contributed by atoms with E-state index in [9.17, 15) is 4.79 Å². The van der Waals surface area contributed by atoms with Gasteiger partial charge in [0.15, 0.2) is 5.58 Å². The van der Waals surface area contributed by atoms with E-state index in [1.807, 2.05) is 29.8 Å². The van der Waals surface area contributed by atoms with Crippen LogP contribution in [0.3, 0.4) is 0 Å². The van der Waals surface area contributed by atoms with Crippen LogP contribution >= 0.6 is 15.9 Å². The Hall–Kier alpha value is -2.87. The fourth-order valence-corrected chi connectivity index (χ4v) is 2.83. The third-order valence-corrected chi connectivity index (χ3v) is 4.19. The number of hydrogen-bond donors (Lipinski definition) is 2. The zero-order valence-corrected chi connectivity index (χ0v) is 14.0. The molecule has 0 fully saturated rings. The number of benzene rings is 2. The number of nitrogens with one attached hydrogen (secondary N) is 1. The minimum Gasteiger partial charge on any atom is -0.478 e. The van der Waals surface area contributed by atoms with Crippen molar-refractivity contribution in [1.82, 2.24) is 14.5 Å². The summed E-state index contributed by atoms with van der Waals surface area (Å²) >= 11 is 3.39. The third kappa shape index (κ3) is 2.41. The number of aromatic nitrogens is 3. The number of aromatic carboxylic acids is 1. The lowest BCUT2D eigenvalue weighted by atomic mass is 10.2. The van der Waals surface area contributed by atoms with E-state index in [0.717, 1.165) is 15.5 Å². The van der Waals surface area contributed by atoms with Crippen molar-refractivity contribution in [2.75, 3.05) is 5.32 Å². The van der Waals surface area contributed by atoms with E-state index in [2.05, 4.69) is 31.2 Å². The highest BCUT2D eigenvalue weighted by Gasteiger charge is 2.13. The summed E-state index contributed by atoms with van der Waals surface area (Å²) in [6, 6.07) is 10.7. The number of carbonyl (C=O) groups is 1. The molecule has 0 saturated heterocycles. The van der Waals surface area contributed by atoms with Crippen LogP contribution in [0.2, 0.25) is 0 Å². The molecule has 7 nitrogen and oxygen atoms in total. The minimum atomic E-state index is -0.985. The lowest BCUT2D eigenvalue weighted by Crippen LogP contribution is -1.99. The largest absolute Gasteiger partial charge is 0.478 e. The molecule has 0 aliphatic rings. The molecule has 8 heteroatoms. The molecule has 0 radical (unpaired) electrons. The van der Waals surface area contributed by atoms with Crippen LogP contribution in [0.5, 0.6) is 0 Å². The van der Waals surface area contributed by atoms with Crippen LogP contribution in [0.15, 0.2) is 45.3 Å². The molecule has 2 aromatic carbocycles. The second kappa shape index (κ2) is 5.34. The number of oxazole rings is 1. The quantitative estimate of drug-likeness (QED) is 0.554. The molecule has 0 aliphatic heterocycles. The average Bonchev–Trinajstić information content (AvgIpc) is 3.08. The number of carboxylic acids is 1. The SMILES string of the molecule is Cn1c(Nc2nc3ccc(Br)cc3o2)nc2cc(C(=O)O)ccc21. The first-order valence-electron chi connectivity index (χ1n) is 7.04. The van der Waals surface area contributed by atoms with Gasteiger partial charge in [0, 0.05) is 11.5 Å². The molecule has 0 bridgehead atoms. The van der Waals surface area contributed by atoms with Gasteiger partial charge < -0.3 is 14.1 Å². The van der Waals surface area contributed by atoms with Crippen LogP contribution in [0, 0.1) is 0 Å². The van der Waals surface area contributed by atoms with E-state index in [1.54, 1.807) is 12.1 Å². The van der Waals surface area contributed by atoms with Gasteiger partial charge in [0.25, 0.3) is 0 Å². The Morgan fingerprint density at radius 1 is 1.21 bits per heavy atom. The van der Waals surface area contributed by atoms with Crippen LogP contribution in [0.4, 0.5) is 12.0 Å². The molecule has 2 aromatic heterocycles. The Bertz CT molecular complexity index is 1100. The third-order valence-electron chi connectivity index (χ3n) is 3.70. The van der Waals surface area contributed by atoms with E-state index < -0.39 is 5.97 Å². The van der Waals surface area contributed by atoms with E-state index in [0.29, 0.717) is 23.1 Å². The maximum absolute atomic E-state index is 11.1. The van der Waals surface area contributed by atoms with Crippen molar-refractivity contribution in [2.24, 2.45) is 7.05 Å². The molecule has 0 aliphatic carbocycles. The molecular weight excluding hydrogens is 376 g/mol. The van der Waals surface area contributed by atoms with Crippen molar-refractivity contribution >= 4 is 56.0 Å². The average molecular weight is 387 g/mol. The Balaban J connectivity index is 1.75. The molecule has 24 heavy (non-hydrogen) atoms. The number of halogens is 1.